The number of aliphatic hydroxyl groups is 2. The van der Waals surface area contributed by atoms with Crippen molar-refractivity contribution in [1.82, 2.24) is 0 Å². The van der Waals surface area contributed by atoms with Crippen LogP contribution in [0.3, 0.4) is 0 Å². The first-order valence-electron chi connectivity index (χ1n) is 1.97. The number of hydrogen-bond acceptors (Lipinski definition) is 2. The highest BCUT2D eigenvalue weighted by Gasteiger charge is 1.95. The van der Waals surface area contributed by atoms with E-state index in [0.29, 0.717) is 0 Å². The number of rotatable bonds is 2. The summed E-state index contributed by atoms with van der Waals surface area (Å²) in [5, 5.41) is 16.7. The monoisotopic (exact) mass is 156 g/mol. The molecule has 0 aromatic rings. The Morgan fingerprint density at radius 2 is 1.25 bits per heavy atom. The fraction of sp³-hybridized carbons (Fsp3) is 0.500. The summed E-state index contributed by atoms with van der Waals surface area (Å²) in [7, 11) is 0. The number of aliphatic hydroxyl groups excluding tert-OH is 2. The van der Waals surface area contributed by atoms with E-state index in [-0.39, 0.29) is 23.3 Å². The van der Waals surface area contributed by atoms with Gasteiger partial charge in [0.25, 0.3) is 0 Å². The maximum atomic E-state index is 8.25. The number of hydrogen-bond donors (Lipinski definition) is 2. The Balaban J connectivity index is 3.83. The predicted octanol–water partition coefficient (Wildman–Crippen LogP) is 0.660. The molecule has 0 aliphatic rings. The zero-order valence-corrected chi connectivity index (χ0v) is 5.58. The molecule has 0 aliphatic carbocycles. The van der Waals surface area contributed by atoms with Gasteiger partial charge < -0.3 is 10.2 Å². The molecule has 0 aromatic carbocycles. The summed E-state index contributed by atoms with van der Waals surface area (Å²) in [5.41, 5.74) is 0. The van der Waals surface area contributed by atoms with Gasteiger partial charge in [0.05, 0.1) is 23.3 Å². The average Bonchev–Trinajstić information content (AvgIpc) is 1.84. The fourth-order valence-corrected chi connectivity index (χ4v) is 0.291. The molecule has 0 heterocycles. The van der Waals surface area contributed by atoms with Crippen molar-refractivity contribution in [1.29, 1.82) is 0 Å². The summed E-state index contributed by atoms with van der Waals surface area (Å²) in [6, 6.07) is 0. The van der Waals surface area contributed by atoms with Gasteiger partial charge >= 0.3 is 0 Å². The van der Waals surface area contributed by atoms with Crippen molar-refractivity contribution in [3.05, 3.63) is 10.1 Å². The van der Waals surface area contributed by atoms with E-state index < -0.39 is 0 Å². The Hall–Kier alpha value is 0.240. The van der Waals surface area contributed by atoms with E-state index in [9.17, 15) is 0 Å². The molecule has 0 aromatic heterocycles. The molecule has 0 rings (SSSR count). The van der Waals surface area contributed by atoms with Crippen LogP contribution in [0, 0.1) is 0 Å². The Morgan fingerprint density at radius 3 is 1.38 bits per heavy atom. The second-order valence-electron chi connectivity index (χ2n) is 1.13. The molecule has 0 unspecified atom stereocenters. The third-order valence-electron chi connectivity index (χ3n) is 0.572. The minimum absolute atomic E-state index is 0.0918. The van der Waals surface area contributed by atoms with Crippen molar-refractivity contribution in [2.45, 2.75) is 0 Å². The maximum Gasteiger partial charge on any atom is 0.0800 e. The Kier molecular flexibility index (Phi) is 4.28. The van der Waals surface area contributed by atoms with Crippen LogP contribution in [0.25, 0.3) is 0 Å². The standard InChI is InChI=1S/C4H6Cl2O2/c5-3(1-7)4(6)2-8/h7-8H,1-2H2/b4-3+. The zero-order valence-electron chi connectivity index (χ0n) is 4.06. The van der Waals surface area contributed by atoms with Crippen LogP contribution < -0.4 is 0 Å². The minimum atomic E-state index is -0.319. The third-order valence-corrected chi connectivity index (χ3v) is 1.36. The largest absolute Gasteiger partial charge is 0.391 e. The first-order valence-corrected chi connectivity index (χ1v) is 2.72. The van der Waals surface area contributed by atoms with Crippen LogP contribution >= 0.6 is 23.2 Å². The fourth-order valence-electron chi connectivity index (χ4n) is 0.172. The lowest BCUT2D eigenvalue weighted by Crippen LogP contribution is -1.89. The molecule has 2 nitrogen and oxygen atoms in total. The van der Waals surface area contributed by atoms with Crippen molar-refractivity contribution in [3.8, 4) is 0 Å². The smallest absolute Gasteiger partial charge is 0.0800 e. The van der Waals surface area contributed by atoms with E-state index >= 15 is 0 Å². The quantitative estimate of drug-likeness (QED) is 0.618. The predicted molar refractivity (Wildman–Crippen MR) is 32.9 cm³/mol. The van der Waals surface area contributed by atoms with Crippen LogP contribution in [0.4, 0.5) is 0 Å². The summed E-state index contributed by atoms with van der Waals surface area (Å²) in [4.78, 5) is 0. The Morgan fingerprint density at radius 1 is 1.00 bits per heavy atom. The minimum Gasteiger partial charge on any atom is -0.391 e. The van der Waals surface area contributed by atoms with Crippen molar-refractivity contribution in [3.63, 3.8) is 0 Å². The van der Waals surface area contributed by atoms with Crippen LogP contribution in [0.1, 0.15) is 0 Å². The molecule has 0 bridgehead atoms. The molecule has 0 amide bonds. The molecule has 0 saturated carbocycles. The molecule has 2 N–H and O–H groups in total. The van der Waals surface area contributed by atoms with Crippen molar-refractivity contribution < 1.29 is 10.2 Å². The van der Waals surface area contributed by atoms with Crippen molar-refractivity contribution >= 4 is 23.2 Å². The van der Waals surface area contributed by atoms with Gasteiger partial charge in [-0.2, -0.15) is 0 Å². The first-order chi connectivity index (χ1) is 3.72. The second kappa shape index (κ2) is 4.15. The van der Waals surface area contributed by atoms with E-state index in [2.05, 4.69) is 0 Å². The van der Waals surface area contributed by atoms with Crippen LogP contribution in [-0.2, 0) is 0 Å². The first kappa shape index (κ1) is 8.24. The highest BCUT2D eigenvalue weighted by molar-refractivity contribution is 6.39. The molecule has 0 radical (unpaired) electrons. The molecule has 0 atom stereocenters. The van der Waals surface area contributed by atoms with Gasteiger partial charge in [-0.1, -0.05) is 23.2 Å². The van der Waals surface area contributed by atoms with Crippen LogP contribution in [0.15, 0.2) is 10.1 Å². The van der Waals surface area contributed by atoms with Crippen LogP contribution in [0.2, 0.25) is 0 Å². The summed E-state index contributed by atoms with van der Waals surface area (Å²) < 4.78 is 0. The lowest BCUT2D eigenvalue weighted by Gasteiger charge is -1.93. The summed E-state index contributed by atoms with van der Waals surface area (Å²) in [6.07, 6.45) is 0. The zero-order chi connectivity index (χ0) is 6.57. The lowest BCUT2D eigenvalue weighted by atomic mass is 10.5. The normalized spacial score (nSPS) is 13.5. The van der Waals surface area contributed by atoms with Gasteiger partial charge in [0.2, 0.25) is 0 Å². The Labute approximate surface area is 57.3 Å². The van der Waals surface area contributed by atoms with Gasteiger partial charge in [-0.25, -0.2) is 0 Å². The molecule has 48 valence electrons. The molecular weight excluding hydrogens is 151 g/mol. The maximum absolute atomic E-state index is 8.25. The second-order valence-corrected chi connectivity index (χ2v) is 2.04. The molecule has 0 spiro atoms. The SMILES string of the molecule is OC/C(Cl)=C(\Cl)CO. The molecule has 0 saturated heterocycles. The van der Waals surface area contributed by atoms with Gasteiger partial charge in [-0.05, 0) is 0 Å². The molecule has 8 heavy (non-hydrogen) atoms. The summed E-state index contributed by atoms with van der Waals surface area (Å²) >= 11 is 10.5. The molecule has 0 aliphatic heterocycles. The summed E-state index contributed by atoms with van der Waals surface area (Å²) in [5.74, 6) is 0. The van der Waals surface area contributed by atoms with Gasteiger partial charge in [-0.3, -0.25) is 0 Å². The summed E-state index contributed by atoms with van der Waals surface area (Å²) in [6.45, 7) is -0.637. The van der Waals surface area contributed by atoms with E-state index in [1.165, 1.54) is 0 Å². The lowest BCUT2D eigenvalue weighted by molar-refractivity contribution is 0.323. The van der Waals surface area contributed by atoms with E-state index in [0.717, 1.165) is 0 Å². The molecule has 0 fully saturated rings. The van der Waals surface area contributed by atoms with Gasteiger partial charge in [0.1, 0.15) is 0 Å². The van der Waals surface area contributed by atoms with Gasteiger partial charge in [0.15, 0.2) is 0 Å². The topological polar surface area (TPSA) is 40.5 Å². The van der Waals surface area contributed by atoms with E-state index in [1.54, 1.807) is 0 Å². The Bertz CT molecular complexity index is 88.2. The van der Waals surface area contributed by atoms with Crippen molar-refractivity contribution in [2.75, 3.05) is 13.2 Å². The number of halogens is 2. The van der Waals surface area contributed by atoms with Gasteiger partial charge in [0, 0.05) is 0 Å². The highest BCUT2D eigenvalue weighted by atomic mass is 35.5. The van der Waals surface area contributed by atoms with Crippen LogP contribution in [0.5, 0.6) is 0 Å². The van der Waals surface area contributed by atoms with Crippen LogP contribution in [-0.4, -0.2) is 23.4 Å². The third kappa shape index (κ3) is 2.52. The average molecular weight is 157 g/mol. The van der Waals surface area contributed by atoms with Crippen molar-refractivity contribution in [2.24, 2.45) is 0 Å². The molecule has 4 heteroatoms. The van der Waals surface area contributed by atoms with Gasteiger partial charge in [-0.15, -0.1) is 0 Å². The molecular formula is C4H6Cl2O2. The van der Waals surface area contributed by atoms with E-state index in [1.807, 2.05) is 0 Å². The van der Waals surface area contributed by atoms with E-state index in [4.69, 9.17) is 33.4 Å². The highest BCUT2D eigenvalue weighted by Crippen LogP contribution is 2.10.